The van der Waals surface area contributed by atoms with Gasteiger partial charge in [-0.05, 0) is 48.7 Å². The predicted molar refractivity (Wildman–Crippen MR) is 90.5 cm³/mol. The van der Waals surface area contributed by atoms with Crippen molar-refractivity contribution in [3.63, 3.8) is 0 Å². The molecule has 2 heteroatoms. The van der Waals surface area contributed by atoms with E-state index in [0.717, 1.165) is 33.0 Å². The zero-order valence-corrected chi connectivity index (χ0v) is 13.0. The molecule has 110 valence electrons. The Morgan fingerprint density at radius 3 is 2.36 bits per heavy atom. The van der Waals surface area contributed by atoms with Gasteiger partial charge < -0.3 is 5.11 Å². The number of hydrogen-bond donors (Lipinski definition) is 1. The van der Waals surface area contributed by atoms with E-state index >= 15 is 0 Å². The number of phenolic OH excluding ortho intramolecular Hbond substituents is 1. The van der Waals surface area contributed by atoms with Crippen molar-refractivity contribution in [3.05, 3.63) is 65.2 Å². The quantitative estimate of drug-likeness (QED) is 0.672. The molecule has 0 aliphatic heterocycles. The van der Waals surface area contributed by atoms with Crippen LogP contribution in [0.4, 0.5) is 0 Å². The molecular formula is C20H18O2. The number of carbonyl (C=O) groups is 1. The number of hydrogen-bond acceptors (Lipinski definition) is 2. The van der Waals surface area contributed by atoms with Crippen LogP contribution >= 0.6 is 0 Å². The van der Waals surface area contributed by atoms with E-state index in [2.05, 4.69) is 0 Å². The summed E-state index contributed by atoms with van der Waals surface area (Å²) in [4.78, 5) is 12.1. The molecule has 2 nitrogen and oxygen atoms in total. The first-order chi connectivity index (χ1) is 10.5. The summed E-state index contributed by atoms with van der Waals surface area (Å²) in [5.74, 6) is 0.219. The van der Waals surface area contributed by atoms with Crippen LogP contribution in [-0.4, -0.2) is 10.9 Å². The minimum atomic E-state index is 0.000119. The first-order valence-electron chi connectivity index (χ1n) is 7.32. The Kier molecular flexibility index (Phi) is 3.45. The third kappa shape index (κ3) is 2.27. The van der Waals surface area contributed by atoms with Crippen LogP contribution in [-0.2, 0) is 0 Å². The summed E-state index contributed by atoms with van der Waals surface area (Å²) in [5, 5.41) is 12.5. The van der Waals surface area contributed by atoms with Gasteiger partial charge in [0, 0.05) is 16.7 Å². The van der Waals surface area contributed by atoms with Gasteiger partial charge in [-0.2, -0.15) is 0 Å². The van der Waals surface area contributed by atoms with Gasteiger partial charge in [-0.15, -0.1) is 0 Å². The van der Waals surface area contributed by atoms with E-state index in [9.17, 15) is 9.90 Å². The van der Waals surface area contributed by atoms with E-state index in [1.165, 1.54) is 0 Å². The molecule has 0 radical (unpaired) electrons. The molecule has 0 bridgehead atoms. The van der Waals surface area contributed by atoms with Crippen LogP contribution in [0.25, 0.3) is 21.9 Å². The summed E-state index contributed by atoms with van der Waals surface area (Å²) >= 11 is 0. The highest BCUT2D eigenvalue weighted by Gasteiger charge is 2.18. The number of rotatable bonds is 2. The highest BCUT2D eigenvalue weighted by molar-refractivity contribution is 6.11. The smallest absolute Gasteiger partial charge is 0.160 e. The lowest BCUT2D eigenvalue weighted by molar-refractivity contribution is 0.101. The average Bonchev–Trinajstić information content (AvgIpc) is 2.46. The van der Waals surface area contributed by atoms with Crippen molar-refractivity contribution < 1.29 is 9.90 Å². The number of phenols is 1. The number of benzene rings is 3. The molecule has 0 amide bonds. The van der Waals surface area contributed by atoms with E-state index in [-0.39, 0.29) is 11.5 Å². The second kappa shape index (κ2) is 5.30. The van der Waals surface area contributed by atoms with Crippen LogP contribution in [0.1, 0.15) is 28.4 Å². The van der Waals surface area contributed by atoms with Gasteiger partial charge in [-0.25, -0.2) is 0 Å². The lowest BCUT2D eigenvalue weighted by atomic mass is 9.88. The monoisotopic (exact) mass is 290 g/mol. The minimum absolute atomic E-state index is 0.000119. The zero-order valence-electron chi connectivity index (χ0n) is 13.0. The van der Waals surface area contributed by atoms with Gasteiger partial charge in [0.05, 0.1) is 0 Å². The fourth-order valence-corrected chi connectivity index (χ4v) is 3.10. The molecule has 3 aromatic rings. The molecular weight excluding hydrogens is 272 g/mol. The van der Waals surface area contributed by atoms with Crippen LogP contribution in [0, 0.1) is 13.8 Å². The van der Waals surface area contributed by atoms with Gasteiger partial charge in [0.15, 0.2) is 5.78 Å². The molecule has 0 heterocycles. The Morgan fingerprint density at radius 1 is 0.955 bits per heavy atom. The van der Waals surface area contributed by atoms with E-state index in [1.807, 2.05) is 56.3 Å². The van der Waals surface area contributed by atoms with Gasteiger partial charge in [0.1, 0.15) is 5.75 Å². The fourth-order valence-electron chi connectivity index (χ4n) is 3.10. The average molecular weight is 290 g/mol. The lowest BCUT2D eigenvalue weighted by Crippen LogP contribution is -1.99. The van der Waals surface area contributed by atoms with Crippen molar-refractivity contribution in [2.45, 2.75) is 20.8 Å². The number of carbonyl (C=O) groups excluding carboxylic acids is 1. The van der Waals surface area contributed by atoms with Crippen LogP contribution in [0.2, 0.25) is 0 Å². The highest BCUT2D eigenvalue weighted by Crippen LogP contribution is 2.40. The number of fused-ring (bicyclic) bond motifs is 1. The maximum Gasteiger partial charge on any atom is 0.160 e. The van der Waals surface area contributed by atoms with E-state index in [1.54, 1.807) is 13.0 Å². The second-order valence-corrected chi connectivity index (χ2v) is 5.74. The molecule has 0 saturated carbocycles. The van der Waals surface area contributed by atoms with Crippen molar-refractivity contribution in [3.8, 4) is 16.9 Å². The normalized spacial score (nSPS) is 10.9. The van der Waals surface area contributed by atoms with Gasteiger partial charge in [-0.3, -0.25) is 4.79 Å². The Morgan fingerprint density at radius 2 is 1.68 bits per heavy atom. The summed E-state index contributed by atoms with van der Waals surface area (Å²) in [6, 6.07) is 15.5. The molecule has 3 aromatic carbocycles. The number of Topliss-reactive ketones (excluding diaryl/α,β-unsaturated/α-hetero) is 1. The predicted octanol–water partition coefficient (Wildman–Crippen LogP) is 5.03. The summed E-state index contributed by atoms with van der Waals surface area (Å²) in [6.07, 6.45) is 0. The lowest BCUT2D eigenvalue weighted by Gasteiger charge is -2.16. The van der Waals surface area contributed by atoms with Gasteiger partial charge in [0.25, 0.3) is 0 Å². The summed E-state index contributed by atoms with van der Waals surface area (Å²) < 4.78 is 0. The van der Waals surface area contributed by atoms with Gasteiger partial charge in [-0.1, -0.05) is 42.5 Å². The minimum Gasteiger partial charge on any atom is -0.507 e. The van der Waals surface area contributed by atoms with Crippen molar-refractivity contribution in [2.24, 2.45) is 0 Å². The molecule has 22 heavy (non-hydrogen) atoms. The van der Waals surface area contributed by atoms with E-state index in [4.69, 9.17) is 0 Å². The first-order valence-corrected chi connectivity index (χ1v) is 7.32. The molecule has 3 rings (SSSR count). The summed E-state index contributed by atoms with van der Waals surface area (Å²) in [6.45, 7) is 5.48. The van der Waals surface area contributed by atoms with Gasteiger partial charge >= 0.3 is 0 Å². The molecule has 0 aliphatic rings. The van der Waals surface area contributed by atoms with Crippen LogP contribution < -0.4 is 0 Å². The Bertz CT molecular complexity index is 868. The molecule has 0 spiro atoms. The second-order valence-electron chi connectivity index (χ2n) is 5.74. The Labute approximate surface area is 130 Å². The molecule has 0 aromatic heterocycles. The SMILES string of the molecule is CC(=O)c1ccc2ccccc2c1-c1c(C)cc(C)cc1O. The summed E-state index contributed by atoms with van der Waals surface area (Å²) in [5.41, 5.74) is 4.17. The third-order valence-electron chi connectivity index (χ3n) is 4.02. The van der Waals surface area contributed by atoms with Crippen molar-refractivity contribution in [2.75, 3.05) is 0 Å². The van der Waals surface area contributed by atoms with Crippen LogP contribution in [0.3, 0.4) is 0 Å². The van der Waals surface area contributed by atoms with Crippen molar-refractivity contribution >= 4 is 16.6 Å². The molecule has 0 fully saturated rings. The zero-order chi connectivity index (χ0) is 15.9. The molecule has 0 aliphatic carbocycles. The van der Waals surface area contributed by atoms with Crippen molar-refractivity contribution in [1.29, 1.82) is 0 Å². The standard InChI is InChI=1S/C20H18O2/c1-12-10-13(2)19(18(22)11-12)20-16(14(3)21)9-8-15-6-4-5-7-17(15)20/h4-11,22H,1-3H3. The third-order valence-corrected chi connectivity index (χ3v) is 4.02. The molecule has 0 atom stereocenters. The van der Waals surface area contributed by atoms with Crippen molar-refractivity contribution in [1.82, 2.24) is 0 Å². The molecule has 0 saturated heterocycles. The summed E-state index contributed by atoms with van der Waals surface area (Å²) in [7, 11) is 0. The number of aryl methyl sites for hydroxylation is 2. The fraction of sp³-hybridized carbons (Fsp3) is 0.150. The maximum atomic E-state index is 12.1. The van der Waals surface area contributed by atoms with E-state index < -0.39 is 0 Å². The maximum absolute atomic E-state index is 12.1. The Hall–Kier alpha value is -2.61. The van der Waals surface area contributed by atoms with Crippen LogP contribution in [0.15, 0.2) is 48.5 Å². The van der Waals surface area contributed by atoms with Crippen LogP contribution in [0.5, 0.6) is 5.75 Å². The number of aromatic hydroxyl groups is 1. The van der Waals surface area contributed by atoms with Gasteiger partial charge in [0.2, 0.25) is 0 Å². The number of ketones is 1. The van der Waals surface area contributed by atoms with E-state index in [0.29, 0.717) is 5.56 Å². The highest BCUT2D eigenvalue weighted by atomic mass is 16.3. The topological polar surface area (TPSA) is 37.3 Å². The first kappa shape index (κ1) is 14.3. The molecule has 0 unspecified atom stereocenters. The largest absolute Gasteiger partial charge is 0.507 e. The molecule has 1 N–H and O–H groups in total. The Balaban J connectivity index is 2.49.